The maximum absolute atomic E-state index is 14.0. The highest BCUT2D eigenvalue weighted by Gasteiger charge is 2.38. The summed E-state index contributed by atoms with van der Waals surface area (Å²) in [5.41, 5.74) is 6.34. The van der Waals surface area contributed by atoms with E-state index in [0.29, 0.717) is 25.2 Å². The first kappa shape index (κ1) is 15.9. The van der Waals surface area contributed by atoms with Crippen LogP contribution in [0.4, 0.5) is 10.1 Å². The van der Waals surface area contributed by atoms with Crippen molar-refractivity contribution in [1.29, 1.82) is 0 Å². The van der Waals surface area contributed by atoms with E-state index in [9.17, 15) is 14.0 Å². The maximum atomic E-state index is 14.0. The Morgan fingerprint density at radius 1 is 1.48 bits per heavy atom. The van der Waals surface area contributed by atoms with Crippen LogP contribution >= 0.6 is 0 Å². The van der Waals surface area contributed by atoms with Crippen LogP contribution in [0, 0.1) is 11.2 Å². The third-order valence-electron chi connectivity index (χ3n) is 4.77. The molecule has 23 heavy (non-hydrogen) atoms. The van der Waals surface area contributed by atoms with Crippen LogP contribution in [0.2, 0.25) is 0 Å². The summed E-state index contributed by atoms with van der Waals surface area (Å²) in [4.78, 5) is 25.7. The summed E-state index contributed by atoms with van der Waals surface area (Å²) in [7, 11) is 0. The molecule has 1 aliphatic carbocycles. The molecule has 0 radical (unpaired) electrons. The fourth-order valence-electron chi connectivity index (χ4n) is 3.52. The molecule has 5 nitrogen and oxygen atoms in total. The zero-order chi connectivity index (χ0) is 16.6. The molecule has 0 unspecified atom stereocenters. The molecule has 0 spiro atoms. The number of nitrogens with one attached hydrogen (secondary N) is 1. The number of rotatable bonds is 4. The summed E-state index contributed by atoms with van der Waals surface area (Å²) in [5, 5.41) is 2.79. The van der Waals surface area contributed by atoms with Gasteiger partial charge in [0, 0.05) is 31.2 Å². The predicted molar refractivity (Wildman–Crippen MR) is 85.6 cm³/mol. The van der Waals surface area contributed by atoms with Crippen LogP contribution in [0.1, 0.15) is 43.0 Å². The molecule has 3 N–H and O–H groups in total. The largest absolute Gasteiger partial charge is 0.351 e. The SMILES string of the molecule is CC1(CNC(=O)c2cc(N3CCCC3=O)ccc2F)CC(N)C1. The zero-order valence-corrected chi connectivity index (χ0v) is 13.3. The molecule has 1 aliphatic heterocycles. The first-order valence-electron chi connectivity index (χ1n) is 8.02. The first-order valence-corrected chi connectivity index (χ1v) is 8.02. The van der Waals surface area contributed by atoms with Gasteiger partial charge in [0.15, 0.2) is 0 Å². The van der Waals surface area contributed by atoms with Gasteiger partial charge in [0.05, 0.1) is 5.56 Å². The molecule has 6 heteroatoms. The second kappa shape index (κ2) is 5.92. The molecule has 2 fully saturated rings. The number of nitrogens with two attached hydrogens (primary N) is 1. The Morgan fingerprint density at radius 3 is 2.83 bits per heavy atom. The topological polar surface area (TPSA) is 75.4 Å². The molecular weight excluding hydrogens is 297 g/mol. The monoisotopic (exact) mass is 319 g/mol. The number of anilines is 1. The molecular formula is C17H22FN3O2. The number of nitrogens with zero attached hydrogens (tertiary/aromatic N) is 1. The number of carbonyl (C=O) groups excluding carboxylic acids is 2. The van der Waals surface area contributed by atoms with Crippen molar-refractivity contribution in [1.82, 2.24) is 5.32 Å². The van der Waals surface area contributed by atoms with E-state index in [1.807, 2.05) is 0 Å². The molecule has 2 aliphatic rings. The summed E-state index contributed by atoms with van der Waals surface area (Å²) in [6.07, 6.45) is 3.00. The second-order valence-electron chi connectivity index (χ2n) is 6.97. The Balaban J connectivity index is 1.71. The molecule has 1 aromatic carbocycles. The van der Waals surface area contributed by atoms with E-state index < -0.39 is 11.7 Å². The molecule has 3 rings (SSSR count). The molecule has 0 aromatic heterocycles. The summed E-state index contributed by atoms with van der Waals surface area (Å²) < 4.78 is 14.0. The average molecular weight is 319 g/mol. The van der Waals surface area contributed by atoms with Gasteiger partial charge in [-0.2, -0.15) is 0 Å². The Morgan fingerprint density at radius 2 is 2.22 bits per heavy atom. The predicted octanol–water partition coefficient (Wildman–Crippen LogP) is 1.81. The van der Waals surface area contributed by atoms with E-state index >= 15 is 0 Å². The summed E-state index contributed by atoms with van der Waals surface area (Å²) >= 11 is 0. The van der Waals surface area contributed by atoms with Crippen molar-refractivity contribution >= 4 is 17.5 Å². The lowest BCUT2D eigenvalue weighted by molar-refractivity contribution is -0.117. The van der Waals surface area contributed by atoms with E-state index in [4.69, 9.17) is 5.73 Å². The lowest BCUT2D eigenvalue weighted by Crippen LogP contribution is -2.50. The smallest absolute Gasteiger partial charge is 0.254 e. The van der Waals surface area contributed by atoms with Crippen molar-refractivity contribution in [2.45, 2.75) is 38.6 Å². The van der Waals surface area contributed by atoms with Gasteiger partial charge in [-0.25, -0.2) is 4.39 Å². The number of amides is 2. The fraction of sp³-hybridized carbons (Fsp3) is 0.529. The molecule has 1 saturated heterocycles. The second-order valence-corrected chi connectivity index (χ2v) is 6.97. The first-order chi connectivity index (χ1) is 10.9. The lowest BCUT2D eigenvalue weighted by Gasteiger charge is -2.43. The van der Waals surface area contributed by atoms with Crippen molar-refractivity contribution in [3.05, 3.63) is 29.6 Å². The number of benzene rings is 1. The molecule has 0 bridgehead atoms. The third kappa shape index (κ3) is 3.22. The van der Waals surface area contributed by atoms with Gasteiger partial charge in [-0.1, -0.05) is 6.92 Å². The van der Waals surface area contributed by atoms with Gasteiger partial charge in [-0.3, -0.25) is 9.59 Å². The summed E-state index contributed by atoms with van der Waals surface area (Å²) in [5.74, 6) is -1.01. The van der Waals surface area contributed by atoms with Crippen LogP contribution in [0.15, 0.2) is 18.2 Å². The highest BCUT2D eigenvalue weighted by molar-refractivity contribution is 5.99. The number of carbonyl (C=O) groups is 2. The Bertz CT molecular complexity index is 641. The molecule has 1 saturated carbocycles. The standard InChI is InChI=1S/C17H22FN3O2/c1-17(8-11(19)9-17)10-20-16(23)13-7-12(4-5-14(13)18)21-6-2-3-15(21)22/h4-5,7,11H,2-3,6,8-10,19H2,1H3,(H,20,23). The van der Waals surface area contributed by atoms with Gasteiger partial charge in [-0.05, 0) is 42.9 Å². The normalized spacial score (nSPS) is 27.0. The minimum absolute atomic E-state index is 0.00587. The van der Waals surface area contributed by atoms with Crippen LogP contribution in [-0.4, -0.2) is 30.9 Å². The quantitative estimate of drug-likeness (QED) is 0.889. The van der Waals surface area contributed by atoms with Gasteiger partial charge in [0.25, 0.3) is 5.91 Å². The van der Waals surface area contributed by atoms with Crippen LogP contribution in [0.3, 0.4) is 0 Å². The number of hydrogen-bond donors (Lipinski definition) is 2. The average Bonchev–Trinajstić information content (AvgIpc) is 2.90. The van der Waals surface area contributed by atoms with E-state index in [-0.39, 0.29) is 22.9 Å². The maximum Gasteiger partial charge on any atom is 0.254 e. The van der Waals surface area contributed by atoms with Gasteiger partial charge in [0.2, 0.25) is 5.91 Å². The Hall–Kier alpha value is -1.95. The fourth-order valence-corrected chi connectivity index (χ4v) is 3.52. The van der Waals surface area contributed by atoms with E-state index in [0.717, 1.165) is 19.3 Å². The molecule has 0 atom stereocenters. The van der Waals surface area contributed by atoms with E-state index in [1.54, 1.807) is 11.0 Å². The highest BCUT2D eigenvalue weighted by atomic mass is 19.1. The van der Waals surface area contributed by atoms with Crippen molar-refractivity contribution in [3.8, 4) is 0 Å². The van der Waals surface area contributed by atoms with Crippen molar-refractivity contribution in [3.63, 3.8) is 0 Å². The number of hydrogen-bond acceptors (Lipinski definition) is 3. The Labute approximate surface area is 135 Å². The van der Waals surface area contributed by atoms with Gasteiger partial charge in [-0.15, -0.1) is 0 Å². The van der Waals surface area contributed by atoms with Crippen molar-refractivity contribution < 1.29 is 14.0 Å². The third-order valence-corrected chi connectivity index (χ3v) is 4.77. The van der Waals surface area contributed by atoms with Gasteiger partial charge < -0.3 is 16.0 Å². The van der Waals surface area contributed by atoms with Crippen LogP contribution in [0.5, 0.6) is 0 Å². The van der Waals surface area contributed by atoms with Gasteiger partial charge in [0.1, 0.15) is 5.82 Å². The summed E-state index contributed by atoms with van der Waals surface area (Å²) in [6.45, 7) is 3.15. The molecule has 1 heterocycles. The molecule has 2 amide bonds. The van der Waals surface area contributed by atoms with E-state index in [2.05, 4.69) is 12.2 Å². The highest BCUT2D eigenvalue weighted by Crippen LogP contribution is 2.38. The summed E-state index contributed by atoms with van der Waals surface area (Å²) in [6, 6.07) is 4.44. The minimum atomic E-state index is -0.576. The van der Waals surface area contributed by atoms with Crippen molar-refractivity contribution in [2.75, 3.05) is 18.0 Å². The number of halogens is 1. The zero-order valence-electron chi connectivity index (χ0n) is 13.3. The van der Waals surface area contributed by atoms with E-state index in [1.165, 1.54) is 12.1 Å². The Kier molecular flexibility index (Phi) is 4.10. The molecule has 124 valence electrons. The van der Waals surface area contributed by atoms with Crippen LogP contribution in [0.25, 0.3) is 0 Å². The van der Waals surface area contributed by atoms with Gasteiger partial charge >= 0.3 is 0 Å². The van der Waals surface area contributed by atoms with Crippen molar-refractivity contribution in [2.24, 2.45) is 11.1 Å². The minimum Gasteiger partial charge on any atom is -0.351 e. The lowest BCUT2D eigenvalue weighted by atomic mass is 9.67. The molecule has 1 aromatic rings. The van der Waals surface area contributed by atoms with Crippen LogP contribution in [-0.2, 0) is 4.79 Å². The van der Waals surface area contributed by atoms with Crippen LogP contribution < -0.4 is 16.0 Å².